The fourth-order valence-electron chi connectivity index (χ4n) is 4.27. The molecule has 3 aliphatic carbocycles. The third-order valence-corrected chi connectivity index (χ3v) is 5.91. The molecule has 6 heteroatoms. The van der Waals surface area contributed by atoms with Crippen LogP contribution in [0.25, 0.3) is 0 Å². The molecule has 6 nitrogen and oxygen atoms in total. The van der Waals surface area contributed by atoms with E-state index in [1.165, 1.54) is 12.8 Å². The van der Waals surface area contributed by atoms with Crippen LogP contribution in [0.4, 0.5) is 0 Å². The Morgan fingerprint density at radius 2 is 2.09 bits per heavy atom. The van der Waals surface area contributed by atoms with Crippen molar-refractivity contribution in [3.63, 3.8) is 0 Å². The number of carboxylic acid groups (broad SMARTS) is 1. The zero-order chi connectivity index (χ0) is 16.3. The molecule has 5 atom stereocenters. The summed E-state index contributed by atoms with van der Waals surface area (Å²) >= 11 is 0. The number of aromatic nitrogens is 2. The summed E-state index contributed by atoms with van der Waals surface area (Å²) in [7, 11) is 0. The van der Waals surface area contributed by atoms with E-state index < -0.39 is 5.97 Å². The quantitative estimate of drug-likeness (QED) is 0.870. The molecule has 1 aromatic rings. The number of aliphatic carboxylic acids is 1. The third kappa shape index (κ3) is 2.54. The molecule has 23 heavy (non-hydrogen) atoms. The standard InChI is InChI=1S/C17H23N3O3/c1-8-5-15(19-20(8)9(2)10-3-4-10)16(21)18-14-7-13(17(22)23)11-6-12(11)14/h5,9-14H,3-4,6-7H2,1-2H3,(H,18,21)(H,22,23)/t9?,11-,12+,13-,14+/m0/s1. The van der Waals surface area contributed by atoms with Gasteiger partial charge in [0.15, 0.2) is 0 Å². The van der Waals surface area contributed by atoms with Gasteiger partial charge in [0.2, 0.25) is 0 Å². The number of nitrogens with one attached hydrogen (secondary N) is 1. The van der Waals surface area contributed by atoms with Crippen molar-refractivity contribution in [2.24, 2.45) is 23.7 Å². The van der Waals surface area contributed by atoms with Gasteiger partial charge in [0, 0.05) is 11.7 Å². The van der Waals surface area contributed by atoms with Crippen molar-refractivity contribution in [3.05, 3.63) is 17.5 Å². The lowest BCUT2D eigenvalue weighted by Crippen LogP contribution is -2.36. The molecule has 0 aliphatic heterocycles. The van der Waals surface area contributed by atoms with Gasteiger partial charge in [-0.25, -0.2) is 0 Å². The van der Waals surface area contributed by atoms with Gasteiger partial charge < -0.3 is 10.4 Å². The lowest BCUT2D eigenvalue weighted by atomic mass is 10.0. The largest absolute Gasteiger partial charge is 0.481 e. The Bertz CT molecular complexity index is 664. The molecule has 1 heterocycles. The summed E-state index contributed by atoms with van der Waals surface area (Å²) in [6, 6.07) is 2.16. The Kier molecular flexibility index (Phi) is 3.25. The zero-order valence-corrected chi connectivity index (χ0v) is 13.5. The Morgan fingerprint density at radius 1 is 1.35 bits per heavy atom. The number of fused-ring (bicyclic) bond motifs is 1. The highest BCUT2D eigenvalue weighted by molar-refractivity contribution is 5.92. The topological polar surface area (TPSA) is 84.2 Å². The van der Waals surface area contributed by atoms with Crippen LogP contribution in [-0.4, -0.2) is 32.8 Å². The van der Waals surface area contributed by atoms with Crippen molar-refractivity contribution < 1.29 is 14.7 Å². The number of aryl methyl sites for hydroxylation is 1. The summed E-state index contributed by atoms with van der Waals surface area (Å²) in [5, 5.41) is 16.7. The van der Waals surface area contributed by atoms with Gasteiger partial charge in [-0.3, -0.25) is 14.3 Å². The van der Waals surface area contributed by atoms with Crippen LogP contribution in [-0.2, 0) is 4.79 Å². The molecule has 0 spiro atoms. The first-order valence-electron chi connectivity index (χ1n) is 8.55. The number of carbonyl (C=O) groups is 2. The van der Waals surface area contributed by atoms with Crippen LogP contribution in [0.3, 0.4) is 0 Å². The summed E-state index contributed by atoms with van der Waals surface area (Å²) in [6.45, 7) is 4.14. The first kappa shape index (κ1) is 14.7. The summed E-state index contributed by atoms with van der Waals surface area (Å²) in [4.78, 5) is 23.7. The zero-order valence-electron chi connectivity index (χ0n) is 13.5. The van der Waals surface area contributed by atoms with Gasteiger partial charge in [0.05, 0.1) is 12.0 Å². The molecule has 1 amide bonds. The van der Waals surface area contributed by atoms with E-state index in [4.69, 9.17) is 0 Å². The third-order valence-electron chi connectivity index (χ3n) is 5.91. The van der Waals surface area contributed by atoms with Crippen LogP contribution in [0.1, 0.15) is 54.8 Å². The molecule has 3 saturated carbocycles. The molecular formula is C17H23N3O3. The number of nitrogens with zero attached hydrogens (tertiary/aromatic N) is 2. The molecule has 0 radical (unpaired) electrons. The molecule has 3 fully saturated rings. The van der Waals surface area contributed by atoms with Crippen molar-refractivity contribution >= 4 is 11.9 Å². The normalized spacial score (nSPS) is 33.1. The van der Waals surface area contributed by atoms with Gasteiger partial charge in [0.25, 0.3) is 5.91 Å². The number of hydrogen-bond acceptors (Lipinski definition) is 3. The molecule has 4 rings (SSSR count). The van der Waals surface area contributed by atoms with Crippen LogP contribution >= 0.6 is 0 Å². The van der Waals surface area contributed by atoms with E-state index in [9.17, 15) is 14.7 Å². The highest BCUT2D eigenvalue weighted by atomic mass is 16.4. The van der Waals surface area contributed by atoms with Crippen molar-refractivity contribution in [2.75, 3.05) is 0 Å². The van der Waals surface area contributed by atoms with Gasteiger partial charge in [-0.05, 0) is 63.4 Å². The van der Waals surface area contributed by atoms with Crippen LogP contribution in [0, 0.1) is 30.6 Å². The highest BCUT2D eigenvalue weighted by Crippen LogP contribution is 2.55. The van der Waals surface area contributed by atoms with Gasteiger partial charge in [-0.2, -0.15) is 5.10 Å². The van der Waals surface area contributed by atoms with Gasteiger partial charge in [0.1, 0.15) is 5.69 Å². The first-order chi connectivity index (χ1) is 11.0. The van der Waals surface area contributed by atoms with Gasteiger partial charge in [-0.15, -0.1) is 0 Å². The second-order valence-corrected chi connectivity index (χ2v) is 7.52. The number of carboxylic acids is 1. The van der Waals surface area contributed by atoms with Crippen molar-refractivity contribution in [1.82, 2.24) is 15.1 Å². The van der Waals surface area contributed by atoms with E-state index in [0.717, 1.165) is 12.1 Å². The predicted octanol–water partition coefficient (Wildman–Crippen LogP) is 2.00. The van der Waals surface area contributed by atoms with Crippen LogP contribution < -0.4 is 5.32 Å². The molecule has 3 aliphatic rings. The van der Waals surface area contributed by atoms with E-state index in [1.807, 2.05) is 17.7 Å². The summed E-state index contributed by atoms with van der Waals surface area (Å²) in [5.41, 5.74) is 1.46. The van der Waals surface area contributed by atoms with Crippen molar-refractivity contribution in [1.29, 1.82) is 0 Å². The maximum absolute atomic E-state index is 12.5. The van der Waals surface area contributed by atoms with Crippen molar-refractivity contribution in [3.8, 4) is 0 Å². The Labute approximate surface area is 135 Å². The van der Waals surface area contributed by atoms with Crippen LogP contribution in [0.2, 0.25) is 0 Å². The summed E-state index contributed by atoms with van der Waals surface area (Å²) in [6.07, 6.45) is 3.95. The number of carbonyl (C=O) groups excluding carboxylic acids is 1. The minimum atomic E-state index is -0.729. The average molecular weight is 317 g/mol. The van der Waals surface area contributed by atoms with Gasteiger partial charge in [-0.1, -0.05) is 0 Å². The molecule has 1 aromatic heterocycles. The fourth-order valence-corrected chi connectivity index (χ4v) is 4.27. The minimum absolute atomic E-state index is 0.0140. The predicted molar refractivity (Wildman–Crippen MR) is 83.0 cm³/mol. The highest BCUT2D eigenvalue weighted by Gasteiger charge is 2.57. The van der Waals surface area contributed by atoms with E-state index >= 15 is 0 Å². The molecule has 0 aromatic carbocycles. The number of hydrogen-bond donors (Lipinski definition) is 2. The van der Waals surface area contributed by atoms with Gasteiger partial charge >= 0.3 is 5.97 Å². The molecule has 0 saturated heterocycles. The smallest absolute Gasteiger partial charge is 0.306 e. The Morgan fingerprint density at radius 3 is 2.70 bits per heavy atom. The van der Waals surface area contributed by atoms with E-state index in [-0.39, 0.29) is 23.8 Å². The summed E-state index contributed by atoms with van der Waals surface area (Å²) < 4.78 is 1.96. The first-order valence-corrected chi connectivity index (χ1v) is 8.55. The van der Waals surface area contributed by atoms with E-state index in [2.05, 4.69) is 17.3 Å². The van der Waals surface area contributed by atoms with E-state index in [0.29, 0.717) is 30.0 Å². The fraction of sp³-hybridized carbons (Fsp3) is 0.706. The van der Waals surface area contributed by atoms with E-state index in [1.54, 1.807) is 0 Å². The summed E-state index contributed by atoms with van der Waals surface area (Å²) in [5.74, 6) is 0.0899. The Hall–Kier alpha value is -1.85. The lowest BCUT2D eigenvalue weighted by Gasteiger charge is -2.15. The SMILES string of the molecule is Cc1cc(C(=O)N[C@@H]2C[C@H](C(=O)O)[C@H]3C[C@H]32)nn1C(C)C1CC1. The molecular weight excluding hydrogens is 294 g/mol. The second-order valence-electron chi connectivity index (χ2n) is 7.52. The Balaban J connectivity index is 1.44. The maximum Gasteiger partial charge on any atom is 0.306 e. The second kappa shape index (κ2) is 5.08. The van der Waals surface area contributed by atoms with Crippen LogP contribution in [0.15, 0.2) is 6.07 Å². The average Bonchev–Trinajstić information content (AvgIpc) is 3.40. The van der Waals surface area contributed by atoms with Crippen molar-refractivity contribution in [2.45, 2.75) is 51.6 Å². The van der Waals surface area contributed by atoms with Crippen LogP contribution in [0.5, 0.6) is 0 Å². The number of amides is 1. The number of rotatable bonds is 5. The monoisotopic (exact) mass is 317 g/mol. The molecule has 124 valence electrons. The molecule has 2 N–H and O–H groups in total. The molecule has 1 unspecified atom stereocenters. The minimum Gasteiger partial charge on any atom is -0.481 e. The maximum atomic E-state index is 12.5. The lowest BCUT2D eigenvalue weighted by molar-refractivity contribution is -0.142. The molecule has 0 bridgehead atoms.